The standard InChI is InChI=1S/C18H19ClN6/c19-16-10-23-25-11-12(9-22-17(16)25)6-7-21-18(20)24-15-5-4-13-2-1-3-14(13)8-15/h4-5,8-11H,1-3,6-7H2,(H3,20,21,24). The van der Waals surface area contributed by atoms with Crippen molar-refractivity contribution in [2.45, 2.75) is 25.7 Å². The number of halogens is 1. The second kappa shape index (κ2) is 6.72. The lowest BCUT2D eigenvalue weighted by Gasteiger charge is -2.08. The summed E-state index contributed by atoms with van der Waals surface area (Å²) in [4.78, 5) is 8.71. The number of nitrogens with one attached hydrogen (secondary N) is 1. The summed E-state index contributed by atoms with van der Waals surface area (Å²) in [6.45, 7) is 0.575. The lowest BCUT2D eigenvalue weighted by molar-refractivity contribution is 0.884. The van der Waals surface area contributed by atoms with E-state index in [4.69, 9.17) is 17.3 Å². The lowest BCUT2D eigenvalue weighted by Crippen LogP contribution is -2.23. The van der Waals surface area contributed by atoms with E-state index >= 15 is 0 Å². The lowest BCUT2D eigenvalue weighted by atomic mass is 10.1. The molecule has 0 radical (unpaired) electrons. The van der Waals surface area contributed by atoms with Crippen molar-refractivity contribution in [1.29, 1.82) is 0 Å². The minimum absolute atomic E-state index is 0.425. The summed E-state index contributed by atoms with van der Waals surface area (Å²) in [5.41, 5.74) is 11.5. The first-order valence-electron chi connectivity index (χ1n) is 8.35. The van der Waals surface area contributed by atoms with Crippen LogP contribution in [0.5, 0.6) is 0 Å². The number of hydrogen-bond acceptors (Lipinski definition) is 3. The third-order valence-electron chi connectivity index (χ3n) is 4.42. The van der Waals surface area contributed by atoms with Gasteiger partial charge in [-0.2, -0.15) is 5.10 Å². The number of benzene rings is 1. The maximum atomic E-state index is 6.00. The van der Waals surface area contributed by atoms with Crippen molar-refractivity contribution in [3.05, 3.63) is 58.5 Å². The quantitative estimate of drug-likeness (QED) is 0.557. The molecule has 6 nitrogen and oxygen atoms in total. The Labute approximate surface area is 150 Å². The summed E-state index contributed by atoms with van der Waals surface area (Å²) in [6, 6.07) is 6.41. The van der Waals surface area contributed by atoms with E-state index < -0.39 is 0 Å². The Morgan fingerprint density at radius 1 is 1.28 bits per heavy atom. The van der Waals surface area contributed by atoms with E-state index in [0.717, 1.165) is 24.1 Å². The van der Waals surface area contributed by atoms with Gasteiger partial charge in [0.05, 0.1) is 6.20 Å². The zero-order chi connectivity index (χ0) is 17.2. The number of anilines is 1. The Morgan fingerprint density at radius 2 is 2.16 bits per heavy atom. The maximum Gasteiger partial charge on any atom is 0.193 e. The van der Waals surface area contributed by atoms with Crippen LogP contribution in [0.4, 0.5) is 5.69 Å². The zero-order valence-electron chi connectivity index (χ0n) is 13.7. The van der Waals surface area contributed by atoms with Crippen molar-refractivity contribution >= 4 is 28.9 Å². The van der Waals surface area contributed by atoms with Crippen molar-refractivity contribution in [1.82, 2.24) is 14.6 Å². The monoisotopic (exact) mass is 354 g/mol. The van der Waals surface area contributed by atoms with E-state index in [-0.39, 0.29) is 0 Å². The van der Waals surface area contributed by atoms with Gasteiger partial charge >= 0.3 is 0 Å². The number of hydrogen-bond donors (Lipinski definition) is 2. The van der Waals surface area contributed by atoms with E-state index in [0.29, 0.717) is 23.2 Å². The minimum atomic E-state index is 0.425. The summed E-state index contributed by atoms with van der Waals surface area (Å²) in [7, 11) is 0. The molecule has 7 heteroatoms. The van der Waals surface area contributed by atoms with Crippen LogP contribution in [0.3, 0.4) is 0 Å². The number of guanidine groups is 1. The van der Waals surface area contributed by atoms with Gasteiger partial charge < -0.3 is 11.1 Å². The third-order valence-corrected chi connectivity index (χ3v) is 4.69. The average Bonchev–Trinajstić information content (AvgIpc) is 3.21. The predicted octanol–water partition coefficient (Wildman–Crippen LogP) is 2.84. The van der Waals surface area contributed by atoms with Crippen LogP contribution in [0, 0.1) is 0 Å². The van der Waals surface area contributed by atoms with E-state index in [9.17, 15) is 0 Å². The molecule has 0 spiro atoms. The summed E-state index contributed by atoms with van der Waals surface area (Å²) in [6.07, 6.45) is 9.59. The van der Waals surface area contributed by atoms with Crippen molar-refractivity contribution in [2.24, 2.45) is 10.7 Å². The van der Waals surface area contributed by atoms with Crippen LogP contribution in [0.15, 0.2) is 41.8 Å². The highest BCUT2D eigenvalue weighted by atomic mass is 35.5. The van der Waals surface area contributed by atoms with E-state index in [1.807, 2.05) is 6.20 Å². The minimum Gasteiger partial charge on any atom is -0.370 e. The molecule has 0 amide bonds. The summed E-state index contributed by atoms with van der Waals surface area (Å²) in [5.74, 6) is 0.425. The molecule has 0 bridgehead atoms. The second-order valence-corrected chi connectivity index (χ2v) is 6.61. The van der Waals surface area contributed by atoms with Gasteiger partial charge in [0.1, 0.15) is 5.02 Å². The largest absolute Gasteiger partial charge is 0.370 e. The third kappa shape index (κ3) is 3.44. The SMILES string of the molecule is NC(=NCCc1cnc2c(Cl)cnn2c1)Nc1ccc2c(c1)CCC2. The number of rotatable bonds is 4. The van der Waals surface area contributed by atoms with E-state index in [1.54, 1.807) is 16.9 Å². The van der Waals surface area contributed by atoms with Crippen LogP contribution in [-0.2, 0) is 19.3 Å². The zero-order valence-corrected chi connectivity index (χ0v) is 14.5. The first-order valence-corrected chi connectivity index (χ1v) is 8.73. The van der Waals surface area contributed by atoms with E-state index in [1.165, 1.54) is 24.0 Å². The fourth-order valence-electron chi connectivity index (χ4n) is 3.16. The Balaban J connectivity index is 1.37. The van der Waals surface area contributed by atoms with Crippen LogP contribution >= 0.6 is 11.6 Å². The molecule has 3 aromatic rings. The smallest absolute Gasteiger partial charge is 0.193 e. The Bertz CT molecular complexity index is 946. The number of aliphatic imine (C=N–C) groups is 1. The normalized spacial score (nSPS) is 14.0. The van der Waals surface area contributed by atoms with Crippen LogP contribution in [0.1, 0.15) is 23.1 Å². The molecular weight excluding hydrogens is 336 g/mol. The molecule has 1 aliphatic rings. The molecule has 2 aromatic heterocycles. The molecule has 0 saturated carbocycles. The molecule has 0 fully saturated rings. The number of fused-ring (bicyclic) bond motifs is 2. The molecule has 0 saturated heterocycles. The molecule has 0 atom stereocenters. The van der Waals surface area contributed by atoms with Crippen LogP contribution < -0.4 is 11.1 Å². The van der Waals surface area contributed by atoms with Gasteiger partial charge in [-0.25, -0.2) is 9.50 Å². The Morgan fingerprint density at radius 3 is 3.08 bits per heavy atom. The molecule has 0 unspecified atom stereocenters. The molecular formula is C18H19ClN6. The van der Waals surface area contributed by atoms with Gasteiger partial charge in [0.25, 0.3) is 0 Å². The summed E-state index contributed by atoms with van der Waals surface area (Å²) in [5, 5.41) is 7.87. The van der Waals surface area contributed by atoms with Gasteiger partial charge in [-0.1, -0.05) is 17.7 Å². The number of aryl methyl sites for hydroxylation is 2. The van der Waals surface area contributed by atoms with Gasteiger partial charge in [0.2, 0.25) is 0 Å². The van der Waals surface area contributed by atoms with Crippen LogP contribution in [-0.4, -0.2) is 27.1 Å². The number of nitrogens with two attached hydrogens (primary N) is 1. The topological polar surface area (TPSA) is 80.6 Å². The number of nitrogens with zero attached hydrogens (tertiary/aromatic N) is 4. The Kier molecular flexibility index (Phi) is 4.28. The molecule has 25 heavy (non-hydrogen) atoms. The molecule has 3 N–H and O–H groups in total. The van der Waals surface area contributed by atoms with Gasteiger partial charge in [0, 0.05) is 24.6 Å². The first-order chi connectivity index (χ1) is 12.2. The maximum absolute atomic E-state index is 6.00. The second-order valence-electron chi connectivity index (χ2n) is 6.20. The van der Waals surface area contributed by atoms with Gasteiger partial charge in [-0.15, -0.1) is 0 Å². The van der Waals surface area contributed by atoms with Crippen LogP contribution in [0.2, 0.25) is 5.02 Å². The highest BCUT2D eigenvalue weighted by Gasteiger charge is 2.10. The van der Waals surface area contributed by atoms with Crippen LogP contribution in [0.25, 0.3) is 5.65 Å². The fourth-order valence-corrected chi connectivity index (χ4v) is 3.34. The fraction of sp³-hybridized carbons (Fsp3) is 0.278. The molecule has 4 rings (SSSR count). The molecule has 1 aromatic carbocycles. The molecule has 1 aliphatic carbocycles. The average molecular weight is 355 g/mol. The summed E-state index contributed by atoms with van der Waals surface area (Å²) < 4.78 is 1.67. The van der Waals surface area contributed by atoms with Crippen molar-refractivity contribution < 1.29 is 0 Å². The van der Waals surface area contributed by atoms with Crippen molar-refractivity contribution in [3.8, 4) is 0 Å². The highest BCUT2D eigenvalue weighted by molar-refractivity contribution is 6.33. The van der Waals surface area contributed by atoms with Crippen molar-refractivity contribution in [3.63, 3.8) is 0 Å². The van der Waals surface area contributed by atoms with Gasteiger partial charge in [-0.05, 0) is 54.5 Å². The van der Waals surface area contributed by atoms with Gasteiger partial charge in [-0.3, -0.25) is 4.99 Å². The predicted molar refractivity (Wildman–Crippen MR) is 100 cm³/mol. The molecule has 2 heterocycles. The summed E-state index contributed by atoms with van der Waals surface area (Å²) >= 11 is 5.99. The van der Waals surface area contributed by atoms with Crippen molar-refractivity contribution in [2.75, 3.05) is 11.9 Å². The molecule has 0 aliphatic heterocycles. The molecule has 128 valence electrons. The van der Waals surface area contributed by atoms with E-state index in [2.05, 4.69) is 38.6 Å². The first kappa shape index (κ1) is 15.9. The van der Waals surface area contributed by atoms with Gasteiger partial charge in [0.15, 0.2) is 11.6 Å². The highest BCUT2D eigenvalue weighted by Crippen LogP contribution is 2.24. The number of aromatic nitrogens is 3. The Hall–Kier alpha value is -2.60.